The lowest BCUT2D eigenvalue weighted by Crippen LogP contribution is -2.45. The van der Waals surface area contributed by atoms with Crippen LogP contribution >= 0.6 is 0 Å². The Balaban J connectivity index is 3.91. The third-order valence-corrected chi connectivity index (χ3v) is 2.51. The molecular weight excluding hydrogens is 220 g/mol. The van der Waals surface area contributed by atoms with Crippen molar-refractivity contribution in [2.45, 2.75) is 58.5 Å². The molecule has 0 fully saturated rings. The molecule has 5 nitrogen and oxygen atoms in total. The maximum absolute atomic E-state index is 11.5. The minimum absolute atomic E-state index is 0.0605. The summed E-state index contributed by atoms with van der Waals surface area (Å²) in [6, 6.07) is -0.490. The van der Waals surface area contributed by atoms with Gasteiger partial charge in [-0.25, -0.2) is 0 Å². The van der Waals surface area contributed by atoms with Gasteiger partial charge in [0.1, 0.15) is 6.04 Å². The molecule has 5 heteroatoms. The summed E-state index contributed by atoms with van der Waals surface area (Å²) < 4.78 is 0. The van der Waals surface area contributed by atoms with Crippen molar-refractivity contribution < 1.29 is 14.7 Å². The smallest absolute Gasteiger partial charge is 0.320 e. The van der Waals surface area contributed by atoms with Gasteiger partial charge in [-0.15, -0.1) is 0 Å². The number of nitrogens with one attached hydrogen (secondary N) is 2. The molecule has 0 saturated heterocycles. The Hall–Kier alpha value is -1.10. The molecule has 2 unspecified atom stereocenters. The first-order valence-corrected chi connectivity index (χ1v) is 6.26. The van der Waals surface area contributed by atoms with Crippen LogP contribution in [0.4, 0.5) is 0 Å². The second-order valence-corrected chi connectivity index (χ2v) is 4.32. The van der Waals surface area contributed by atoms with Gasteiger partial charge in [-0.1, -0.05) is 26.7 Å². The standard InChI is InChI=1S/C12H24N2O3/c1-4-6-9(3)14-11(15)8-13-10(7-5-2)12(16)17/h9-10,13H,4-8H2,1-3H3,(H,14,15)(H,16,17). The second kappa shape index (κ2) is 8.98. The van der Waals surface area contributed by atoms with Crippen LogP contribution in [0.1, 0.15) is 46.5 Å². The first kappa shape index (κ1) is 15.9. The van der Waals surface area contributed by atoms with Crippen LogP contribution in [0.3, 0.4) is 0 Å². The average molecular weight is 244 g/mol. The second-order valence-electron chi connectivity index (χ2n) is 4.32. The number of hydrogen-bond donors (Lipinski definition) is 3. The molecule has 0 aliphatic heterocycles. The van der Waals surface area contributed by atoms with Gasteiger partial charge in [0.25, 0.3) is 0 Å². The third-order valence-electron chi connectivity index (χ3n) is 2.51. The van der Waals surface area contributed by atoms with Crippen LogP contribution in [0, 0.1) is 0 Å². The lowest BCUT2D eigenvalue weighted by molar-refractivity contribution is -0.139. The summed E-state index contributed by atoms with van der Waals surface area (Å²) in [7, 11) is 0. The molecule has 0 aliphatic carbocycles. The minimum Gasteiger partial charge on any atom is -0.480 e. The van der Waals surface area contributed by atoms with Crippen LogP contribution in [-0.4, -0.2) is 35.6 Å². The zero-order chi connectivity index (χ0) is 13.3. The van der Waals surface area contributed by atoms with Crippen molar-refractivity contribution in [1.82, 2.24) is 10.6 Å². The van der Waals surface area contributed by atoms with Crippen molar-refractivity contribution >= 4 is 11.9 Å². The van der Waals surface area contributed by atoms with Gasteiger partial charge in [-0.05, 0) is 19.8 Å². The lowest BCUT2D eigenvalue weighted by atomic mass is 10.1. The van der Waals surface area contributed by atoms with Gasteiger partial charge in [0.2, 0.25) is 5.91 Å². The summed E-state index contributed by atoms with van der Waals surface area (Å²) in [5.74, 6) is -1.05. The van der Waals surface area contributed by atoms with Gasteiger partial charge in [0.05, 0.1) is 6.54 Å². The molecule has 1 amide bonds. The van der Waals surface area contributed by atoms with Crippen molar-refractivity contribution in [1.29, 1.82) is 0 Å². The zero-order valence-electron chi connectivity index (χ0n) is 11.0. The normalized spacial score (nSPS) is 14.1. The van der Waals surface area contributed by atoms with Crippen molar-refractivity contribution in [3.8, 4) is 0 Å². The Kier molecular flexibility index (Phi) is 8.40. The highest BCUT2D eigenvalue weighted by Crippen LogP contribution is 1.97. The van der Waals surface area contributed by atoms with E-state index in [1.807, 2.05) is 13.8 Å². The van der Waals surface area contributed by atoms with E-state index in [1.165, 1.54) is 0 Å². The predicted molar refractivity (Wildman–Crippen MR) is 66.8 cm³/mol. The fraction of sp³-hybridized carbons (Fsp3) is 0.833. The highest BCUT2D eigenvalue weighted by atomic mass is 16.4. The molecule has 0 radical (unpaired) electrons. The zero-order valence-corrected chi connectivity index (χ0v) is 11.0. The SMILES string of the molecule is CCCC(C)NC(=O)CNC(CCC)C(=O)O. The molecule has 3 N–H and O–H groups in total. The number of carbonyl (C=O) groups is 2. The molecule has 0 aromatic carbocycles. The topological polar surface area (TPSA) is 78.4 Å². The molecule has 0 aromatic heterocycles. The summed E-state index contributed by atoms with van der Waals surface area (Å²) in [4.78, 5) is 22.3. The molecule has 0 bridgehead atoms. The Morgan fingerprint density at radius 3 is 2.24 bits per heavy atom. The van der Waals surface area contributed by atoms with E-state index in [0.29, 0.717) is 6.42 Å². The van der Waals surface area contributed by atoms with Crippen LogP contribution in [0.25, 0.3) is 0 Å². The van der Waals surface area contributed by atoms with E-state index in [9.17, 15) is 9.59 Å². The minimum atomic E-state index is -0.902. The predicted octanol–water partition coefficient (Wildman–Crippen LogP) is 1.13. The monoisotopic (exact) mass is 244 g/mol. The van der Waals surface area contributed by atoms with Crippen molar-refractivity contribution in [2.24, 2.45) is 0 Å². The maximum Gasteiger partial charge on any atom is 0.320 e. The van der Waals surface area contributed by atoms with Gasteiger partial charge < -0.3 is 10.4 Å². The van der Waals surface area contributed by atoms with E-state index < -0.39 is 12.0 Å². The number of rotatable bonds is 9. The van der Waals surface area contributed by atoms with E-state index in [4.69, 9.17) is 5.11 Å². The molecule has 2 atom stereocenters. The van der Waals surface area contributed by atoms with Gasteiger partial charge >= 0.3 is 5.97 Å². The first-order valence-electron chi connectivity index (χ1n) is 6.26. The molecular formula is C12H24N2O3. The molecule has 0 heterocycles. The molecule has 0 saturated carbocycles. The van der Waals surface area contributed by atoms with E-state index in [2.05, 4.69) is 17.6 Å². The number of amides is 1. The van der Waals surface area contributed by atoms with Crippen LogP contribution < -0.4 is 10.6 Å². The van der Waals surface area contributed by atoms with Crippen molar-refractivity contribution in [3.63, 3.8) is 0 Å². The van der Waals surface area contributed by atoms with Gasteiger partial charge in [0.15, 0.2) is 0 Å². The molecule has 17 heavy (non-hydrogen) atoms. The number of carboxylic acid groups (broad SMARTS) is 1. The number of hydrogen-bond acceptors (Lipinski definition) is 3. The van der Waals surface area contributed by atoms with Crippen LogP contribution in [0.15, 0.2) is 0 Å². The van der Waals surface area contributed by atoms with E-state index in [0.717, 1.165) is 19.3 Å². The maximum atomic E-state index is 11.5. The summed E-state index contributed by atoms with van der Waals surface area (Å²) in [5, 5.41) is 14.5. The molecule has 0 rings (SSSR count). The van der Waals surface area contributed by atoms with Gasteiger partial charge in [-0.2, -0.15) is 0 Å². The largest absolute Gasteiger partial charge is 0.480 e. The van der Waals surface area contributed by atoms with Gasteiger partial charge in [0, 0.05) is 6.04 Å². The number of carboxylic acids is 1. The van der Waals surface area contributed by atoms with Crippen LogP contribution in [0.2, 0.25) is 0 Å². The summed E-state index contributed by atoms with van der Waals surface area (Å²) in [5.41, 5.74) is 0. The Bertz CT molecular complexity index is 244. The number of carbonyl (C=O) groups excluding carboxylic acids is 1. The third kappa shape index (κ3) is 7.74. The summed E-state index contributed by atoms with van der Waals surface area (Å²) in [6.45, 7) is 5.98. The summed E-state index contributed by atoms with van der Waals surface area (Å²) in [6.07, 6.45) is 3.26. The number of aliphatic carboxylic acids is 1. The highest BCUT2D eigenvalue weighted by Gasteiger charge is 2.16. The summed E-state index contributed by atoms with van der Waals surface area (Å²) >= 11 is 0. The van der Waals surface area contributed by atoms with Crippen LogP contribution in [0.5, 0.6) is 0 Å². The van der Waals surface area contributed by atoms with E-state index in [1.54, 1.807) is 0 Å². The van der Waals surface area contributed by atoms with Crippen molar-refractivity contribution in [2.75, 3.05) is 6.54 Å². The van der Waals surface area contributed by atoms with Crippen molar-refractivity contribution in [3.05, 3.63) is 0 Å². The van der Waals surface area contributed by atoms with E-state index >= 15 is 0 Å². The van der Waals surface area contributed by atoms with Gasteiger partial charge in [-0.3, -0.25) is 14.9 Å². The average Bonchev–Trinajstić information content (AvgIpc) is 2.23. The molecule has 0 aliphatic rings. The Labute approximate surface area is 103 Å². The van der Waals surface area contributed by atoms with E-state index in [-0.39, 0.29) is 18.5 Å². The first-order chi connectivity index (χ1) is 8.01. The quantitative estimate of drug-likeness (QED) is 0.568. The fourth-order valence-corrected chi connectivity index (χ4v) is 1.65. The molecule has 100 valence electrons. The lowest BCUT2D eigenvalue weighted by Gasteiger charge is -2.16. The Morgan fingerprint density at radius 1 is 1.18 bits per heavy atom. The van der Waals surface area contributed by atoms with Crippen LogP contribution in [-0.2, 0) is 9.59 Å². The molecule has 0 spiro atoms. The highest BCUT2D eigenvalue weighted by molar-refractivity contribution is 5.80. The molecule has 0 aromatic rings. The Morgan fingerprint density at radius 2 is 1.76 bits per heavy atom. The fourth-order valence-electron chi connectivity index (χ4n) is 1.65.